The van der Waals surface area contributed by atoms with Gasteiger partial charge in [0.15, 0.2) is 0 Å². The Morgan fingerprint density at radius 2 is 1.77 bits per heavy atom. The first-order valence-electron chi connectivity index (χ1n) is 6.62. The van der Waals surface area contributed by atoms with Crippen molar-refractivity contribution in [3.63, 3.8) is 0 Å². The minimum Gasteiger partial charge on any atom is -0.398 e. The Bertz CT molecular complexity index is 708. The summed E-state index contributed by atoms with van der Waals surface area (Å²) in [6.07, 6.45) is 1.51. The number of anilines is 2. The second kappa shape index (κ2) is 7.03. The molecule has 2 aromatic rings. The summed E-state index contributed by atoms with van der Waals surface area (Å²) in [5.74, 6) is -0.502. The number of nitrogens with zero attached hydrogens (tertiary/aromatic N) is 1. The Balaban J connectivity index is 1.96. The van der Waals surface area contributed by atoms with Crippen LogP contribution in [0.2, 0.25) is 0 Å². The second-order valence-electron chi connectivity index (χ2n) is 4.59. The van der Waals surface area contributed by atoms with Crippen LogP contribution >= 0.6 is 0 Å². The highest BCUT2D eigenvalue weighted by Crippen LogP contribution is 2.10. The van der Waals surface area contributed by atoms with Gasteiger partial charge in [0.2, 0.25) is 5.91 Å². The van der Waals surface area contributed by atoms with Crippen molar-refractivity contribution >= 4 is 29.4 Å². The first kappa shape index (κ1) is 15.2. The van der Waals surface area contributed by atoms with Crippen LogP contribution in [0, 0.1) is 0 Å². The van der Waals surface area contributed by atoms with Crippen LogP contribution in [0.4, 0.5) is 11.4 Å². The smallest absolute Gasteiger partial charge is 0.273 e. The number of benzene rings is 2. The monoisotopic (exact) mass is 296 g/mol. The fourth-order valence-corrected chi connectivity index (χ4v) is 1.79. The summed E-state index contributed by atoms with van der Waals surface area (Å²) in [7, 11) is 0. The normalized spacial score (nSPS) is 10.4. The molecule has 0 saturated carbocycles. The topological polar surface area (TPSA) is 96.6 Å². The van der Waals surface area contributed by atoms with Crippen molar-refractivity contribution in [2.24, 2.45) is 5.10 Å². The second-order valence-corrected chi connectivity index (χ2v) is 4.59. The Labute approximate surface area is 128 Å². The van der Waals surface area contributed by atoms with Gasteiger partial charge in [-0.2, -0.15) is 5.10 Å². The van der Waals surface area contributed by atoms with E-state index < -0.39 is 0 Å². The molecular weight excluding hydrogens is 280 g/mol. The lowest BCUT2D eigenvalue weighted by atomic mass is 10.2. The first-order valence-corrected chi connectivity index (χ1v) is 6.62. The minimum absolute atomic E-state index is 0.130. The van der Waals surface area contributed by atoms with Gasteiger partial charge >= 0.3 is 0 Å². The molecule has 2 aromatic carbocycles. The van der Waals surface area contributed by atoms with Crippen molar-refractivity contribution in [1.82, 2.24) is 5.43 Å². The lowest BCUT2D eigenvalue weighted by Gasteiger charge is -2.03. The van der Waals surface area contributed by atoms with Gasteiger partial charge in [-0.05, 0) is 29.8 Å². The summed E-state index contributed by atoms with van der Waals surface area (Å²) in [6.45, 7) is 1.44. The number of hydrazone groups is 1. The fraction of sp³-hybridized carbons (Fsp3) is 0.0625. The Morgan fingerprint density at radius 3 is 2.41 bits per heavy atom. The molecule has 0 aliphatic heterocycles. The number of nitrogen functional groups attached to an aromatic ring is 1. The summed E-state index contributed by atoms with van der Waals surface area (Å²) in [6, 6.07) is 13.8. The van der Waals surface area contributed by atoms with Gasteiger partial charge in [-0.25, -0.2) is 5.43 Å². The quantitative estimate of drug-likeness (QED) is 0.457. The van der Waals surface area contributed by atoms with Crippen molar-refractivity contribution in [1.29, 1.82) is 0 Å². The Kier molecular flexibility index (Phi) is 4.87. The van der Waals surface area contributed by atoms with Crippen molar-refractivity contribution in [3.05, 3.63) is 59.7 Å². The van der Waals surface area contributed by atoms with Crippen LogP contribution in [0.15, 0.2) is 53.6 Å². The lowest BCUT2D eigenvalue weighted by Crippen LogP contribution is -2.19. The standard InChI is InChI=1S/C16H16N4O2/c1-11(21)19-13-8-6-12(7-9-13)10-18-20-16(22)14-4-2-3-5-15(14)17/h2-10H,17H2,1H3,(H,19,21)(H,20,22)/b18-10-. The van der Waals surface area contributed by atoms with Gasteiger partial charge in [0, 0.05) is 18.3 Å². The molecule has 0 fully saturated rings. The van der Waals surface area contributed by atoms with Crippen LogP contribution < -0.4 is 16.5 Å². The zero-order valence-corrected chi connectivity index (χ0v) is 12.0. The molecule has 0 aromatic heterocycles. The zero-order valence-electron chi connectivity index (χ0n) is 12.0. The van der Waals surface area contributed by atoms with E-state index in [9.17, 15) is 9.59 Å². The molecule has 0 spiro atoms. The van der Waals surface area contributed by atoms with Crippen LogP contribution in [-0.2, 0) is 4.79 Å². The van der Waals surface area contributed by atoms with Gasteiger partial charge in [0.05, 0.1) is 11.8 Å². The number of nitrogens with one attached hydrogen (secondary N) is 2. The highest BCUT2D eigenvalue weighted by Gasteiger charge is 2.06. The molecule has 112 valence electrons. The summed E-state index contributed by atoms with van der Waals surface area (Å²) >= 11 is 0. The fourth-order valence-electron chi connectivity index (χ4n) is 1.79. The lowest BCUT2D eigenvalue weighted by molar-refractivity contribution is -0.114. The number of para-hydroxylation sites is 1. The van der Waals surface area contributed by atoms with Crippen LogP contribution in [-0.4, -0.2) is 18.0 Å². The summed E-state index contributed by atoms with van der Waals surface area (Å²) in [4.78, 5) is 22.8. The molecule has 2 rings (SSSR count). The predicted molar refractivity (Wildman–Crippen MR) is 86.7 cm³/mol. The van der Waals surface area contributed by atoms with Crippen molar-refractivity contribution in [2.75, 3.05) is 11.1 Å². The maximum absolute atomic E-state index is 11.9. The number of amides is 2. The third-order valence-electron chi connectivity index (χ3n) is 2.82. The number of nitrogens with two attached hydrogens (primary N) is 1. The summed E-state index contributed by atoms with van der Waals surface area (Å²) in [5, 5.41) is 6.55. The molecule has 4 N–H and O–H groups in total. The highest BCUT2D eigenvalue weighted by molar-refractivity contribution is 5.99. The van der Waals surface area contributed by atoms with E-state index in [0.29, 0.717) is 16.9 Å². The molecule has 0 heterocycles. The van der Waals surface area contributed by atoms with Gasteiger partial charge in [0.1, 0.15) is 0 Å². The highest BCUT2D eigenvalue weighted by atomic mass is 16.2. The number of rotatable bonds is 4. The average Bonchev–Trinajstić information content (AvgIpc) is 2.49. The van der Waals surface area contributed by atoms with Crippen LogP contribution in [0.3, 0.4) is 0 Å². The molecule has 6 nitrogen and oxygen atoms in total. The average molecular weight is 296 g/mol. The number of carbonyl (C=O) groups excluding carboxylic acids is 2. The van der Waals surface area contributed by atoms with Gasteiger partial charge in [-0.3, -0.25) is 9.59 Å². The van der Waals surface area contributed by atoms with Crippen LogP contribution in [0.1, 0.15) is 22.8 Å². The van der Waals surface area contributed by atoms with E-state index in [2.05, 4.69) is 15.8 Å². The third kappa shape index (κ3) is 4.17. The first-order chi connectivity index (χ1) is 10.6. The molecule has 0 radical (unpaired) electrons. The Hall–Kier alpha value is -3.15. The van der Waals surface area contributed by atoms with E-state index >= 15 is 0 Å². The summed E-state index contributed by atoms with van der Waals surface area (Å²) in [5.41, 5.74) is 10.4. The van der Waals surface area contributed by atoms with Crippen molar-refractivity contribution in [3.8, 4) is 0 Å². The maximum Gasteiger partial charge on any atom is 0.273 e. The van der Waals surface area contributed by atoms with Crippen LogP contribution in [0.5, 0.6) is 0 Å². The third-order valence-corrected chi connectivity index (χ3v) is 2.82. The van der Waals surface area contributed by atoms with Gasteiger partial charge in [0.25, 0.3) is 5.91 Å². The van der Waals surface area contributed by atoms with E-state index in [-0.39, 0.29) is 11.8 Å². The van der Waals surface area contributed by atoms with E-state index in [1.165, 1.54) is 13.1 Å². The van der Waals surface area contributed by atoms with E-state index in [1.54, 1.807) is 48.5 Å². The van der Waals surface area contributed by atoms with Gasteiger partial charge in [-0.1, -0.05) is 24.3 Å². The molecular formula is C16H16N4O2. The number of carbonyl (C=O) groups is 2. The SMILES string of the molecule is CC(=O)Nc1ccc(/C=N\NC(=O)c2ccccc2N)cc1. The molecule has 0 bridgehead atoms. The van der Waals surface area contributed by atoms with Gasteiger partial charge < -0.3 is 11.1 Å². The zero-order chi connectivity index (χ0) is 15.9. The van der Waals surface area contributed by atoms with Crippen molar-refractivity contribution < 1.29 is 9.59 Å². The Morgan fingerprint density at radius 1 is 1.09 bits per heavy atom. The minimum atomic E-state index is -0.371. The van der Waals surface area contributed by atoms with Gasteiger partial charge in [-0.15, -0.1) is 0 Å². The number of hydrogen-bond acceptors (Lipinski definition) is 4. The van der Waals surface area contributed by atoms with Crippen LogP contribution in [0.25, 0.3) is 0 Å². The molecule has 6 heteroatoms. The molecule has 0 unspecified atom stereocenters. The largest absolute Gasteiger partial charge is 0.398 e. The molecule has 0 atom stereocenters. The van der Waals surface area contributed by atoms with E-state index in [1.807, 2.05) is 0 Å². The molecule has 2 amide bonds. The predicted octanol–water partition coefficient (Wildman–Crippen LogP) is 1.99. The molecule has 0 saturated heterocycles. The maximum atomic E-state index is 11.9. The van der Waals surface area contributed by atoms with E-state index in [0.717, 1.165) is 5.56 Å². The molecule has 22 heavy (non-hydrogen) atoms. The molecule has 0 aliphatic carbocycles. The van der Waals surface area contributed by atoms with Crippen molar-refractivity contribution in [2.45, 2.75) is 6.92 Å². The van der Waals surface area contributed by atoms with E-state index in [4.69, 9.17) is 5.73 Å². The number of hydrogen-bond donors (Lipinski definition) is 3. The summed E-state index contributed by atoms with van der Waals surface area (Å²) < 4.78 is 0. The molecule has 0 aliphatic rings.